The van der Waals surface area contributed by atoms with Crippen LogP contribution in [0.15, 0.2) is 30.3 Å². The van der Waals surface area contributed by atoms with Crippen LogP contribution in [-0.4, -0.2) is 26.0 Å². The zero-order valence-corrected chi connectivity index (χ0v) is 17.6. The molecule has 0 saturated carbocycles. The number of carbonyl (C=O) groups is 1. The smallest absolute Gasteiger partial charge is 0.160 e. The molecule has 4 heteroatoms. The minimum absolute atomic E-state index is 0.747. The van der Waals surface area contributed by atoms with E-state index >= 15 is 0 Å². The Bertz CT molecular complexity index is 732. The van der Waals surface area contributed by atoms with Crippen molar-refractivity contribution in [1.82, 2.24) is 0 Å². The Labute approximate surface area is 167 Å². The van der Waals surface area contributed by atoms with Gasteiger partial charge in [-0.2, -0.15) is 0 Å². The molecular weight excluding hydrogens is 354 g/mol. The third kappa shape index (κ3) is 6.55. The summed E-state index contributed by atoms with van der Waals surface area (Å²) in [5.74, 6) is 0.930. The van der Waals surface area contributed by atoms with Gasteiger partial charge in [0.15, 0.2) is 6.29 Å². The molecule has 0 aliphatic rings. The fourth-order valence-electron chi connectivity index (χ4n) is 2.98. The molecule has 0 fully saturated rings. The first-order chi connectivity index (χ1) is 13.2. The lowest BCUT2D eigenvalue weighted by molar-refractivity contribution is 0.112. The summed E-state index contributed by atoms with van der Waals surface area (Å²) < 4.78 is 6.15. The summed E-state index contributed by atoms with van der Waals surface area (Å²) in [4.78, 5) is 15.0. The predicted octanol–water partition coefficient (Wildman–Crippen LogP) is 6.54. The summed E-state index contributed by atoms with van der Waals surface area (Å²) in [6.07, 6.45) is 9.80. The number of thiophene rings is 1. The van der Waals surface area contributed by atoms with Crippen LogP contribution in [0.25, 0.3) is 12.2 Å². The molecule has 2 aromatic rings. The first-order valence-corrected chi connectivity index (χ1v) is 10.8. The SMILES string of the molecule is CCCCCCOc1cc(N(CC)CC)ccc1C=Cc1ccc(C=O)s1. The van der Waals surface area contributed by atoms with Gasteiger partial charge in [-0.05, 0) is 56.7 Å². The number of hydrogen-bond acceptors (Lipinski definition) is 4. The van der Waals surface area contributed by atoms with Gasteiger partial charge in [0.05, 0.1) is 11.5 Å². The summed E-state index contributed by atoms with van der Waals surface area (Å²) in [5, 5.41) is 0. The van der Waals surface area contributed by atoms with Crippen LogP contribution in [0.3, 0.4) is 0 Å². The van der Waals surface area contributed by atoms with E-state index in [0.717, 1.165) is 53.5 Å². The number of carbonyl (C=O) groups excluding carboxylic acids is 1. The first kappa shape index (κ1) is 21.2. The van der Waals surface area contributed by atoms with E-state index in [0.29, 0.717) is 0 Å². The Morgan fingerprint density at radius 1 is 0.963 bits per heavy atom. The van der Waals surface area contributed by atoms with E-state index in [1.807, 2.05) is 18.2 Å². The zero-order valence-electron chi connectivity index (χ0n) is 16.7. The molecule has 146 valence electrons. The number of ether oxygens (including phenoxy) is 1. The molecule has 2 rings (SSSR count). The van der Waals surface area contributed by atoms with Gasteiger partial charge in [-0.15, -0.1) is 11.3 Å². The zero-order chi connectivity index (χ0) is 19.5. The van der Waals surface area contributed by atoms with Gasteiger partial charge in [0.2, 0.25) is 0 Å². The highest BCUT2D eigenvalue weighted by Gasteiger charge is 2.08. The van der Waals surface area contributed by atoms with Gasteiger partial charge in [-0.25, -0.2) is 0 Å². The number of rotatable bonds is 12. The van der Waals surface area contributed by atoms with E-state index in [1.54, 1.807) is 0 Å². The third-order valence-electron chi connectivity index (χ3n) is 4.57. The van der Waals surface area contributed by atoms with E-state index in [9.17, 15) is 4.79 Å². The van der Waals surface area contributed by atoms with Gasteiger partial charge in [0.1, 0.15) is 5.75 Å². The van der Waals surface area contributed by atoms with Crippen molar-refractivity contribution in [2.24, 2.45) is 0 Å². The van der Waals surface area contributed by atoms with Gasteiger partial charge < -0.3 is 9.64 Å². The highest BCUT2D eigenvalue weighted by atomic mass is 32.1. The van der Waals surface area contributed by atoms with Crippen molar-refractivity contribution in [3.8, 4) is 5.75 Å². The van der Waals surface area contributed by atoms with Gasteiger partial charge in [0.25, 0.3) is 0 Å². The van der Waals surface area contributed by atoms with E-state index < -0.39 is 0 Å². The van der Waals surface area contributed by atoms with Crippen molar-refractivity contribution >= 4 is 35.5 Å². The topological polar surface area (TPSA) is 29.5 Å². The predicted molar refractivity (Wildman–Crippen MR) is 118 cm³/mol. The Morgan fingerprint density at radius 3 is 2.41 bits per heavy atom. The number of nitrogens with zero attached hydrogens (tertiary/aromatic N) is 1. The lowest BCUT2D eigenvalue weighted by Gasteiger charge is -2.22. The highest BCUT2D eigenvalue weighted by molar-refractivity contribution is 7.14. The maximum atomic E-state index is 10.9. The molecule has 1 aromatic heterocycles. The second-order valence-corrected chi connectivity index (χ2v) is 7.64. The summed E-state index contributed by atoms with van der Waals surface area (Å²) in [6, 6.07) is 10.3. The summed E-state index contributed by atoms with van der Waals surface area (Å²) >= 11 is 1.50. The fraction of sp³-hybridized carbons (Fsp3) is 0.435. The molecule has 1 heterocycles. The molecule has 1 aromatic carbocycles. The van der Waals surface area contributed by atoms with Crippen LogP contribution < -0.4 is 9.64 Å². The molecule has 0 unspecified atom stereocenters. The average molecular weight is 386 g/mol. The summed E-state index contributed by atoms with van der Waals surface area (Å²) in [5.41, 5.74) is 2.27. The second kappa shape index (κ2) is 11.6. The lowest BCUT2D eigenvalue weighted by Crippen LogP contribution is -2.21. The Morgan fingerprint density at radius 2 is 1.74 bits per heavy atom. The minimum Gasteiger partial charge on any atom is -0.493 e. The van der Waals surface area contributed by atoms with Gasteiger partial charge in [-0.1, -0.05) is 26.2 Å². The van der Waals surface area contributed by atoms with Gasteiger partial charge in [0, 0.05) is 35.3 Å². The van der Waals surface area contributed by atoms with Gasteiger partial charge in [-0.3, -0.25) is 4.79 Å². The average Bonchev–Trinajstić information content (AvgIpc) is 3.16. The monoisotopic (exact) mass is 385 g/mol. The maximum absolute atomic E-state index is 10.9. The molecule has 0 spiro atoms. The Hall–Kier alpha value is -2.07. The summed E-state index contributed by atoms with van der Waals surface area (Å²) in [7, 11) is 0. The highest BCUT2D eigenvalue weighted by Crippen LogP contribution is 2.28. The molecule has 3 nitrogen and oxygen atoms in total. The van der Waals surface area contributed by atoms with Crippen molar-refractivity contribution < 1.29 is 9.53 Å². The normalized spacial score (nSPS) is 11.1. The quantitative estimate of drug-likeness (QED) is 0.307. The van der Waals surface area contributed by atoms with E-state index in [2.05, 4.69) is 49.9 Å². The molecule has 0 aliphatic carbocycles. The van der Waals surface area contributed by atoms with E-state index in [-0.39, 0.29) is 0 Å². The van der Waals surface area contributed by atoms with Crippen LogP contribution in [0.5, 0.6) is 5.75 Å². The van der Waals surface area contributed by atoms with Crippen LogP contribution in [0, 0.1) is 0 Å². The number of aldehydes is 1. The molecule has 0 radical (unpaired) electrons. The molecule has 0 amide bonds. The van der Waals surface area contributed by atoms with Crippen molar-refractivity contribution in [3.05, 3.63) is 45.6 Å². The number of unbranched alkanes of at least 4 members (excludes halogenated alkanes) is 3. The van der Waals surface area contributed by atoms with Crippen LogP contribution in [0.1, 0.15) is 66.6 Å². The molecular formula is C23H31NO2S. The first-order valence-electron chi connectivity index (χ1n) is 9.96. The maximum Gasteiger partial charge on any atom is 0.160 e. The van der Waals surface area contributed by atoms with Crippen molar-refractivity contribution in [2.75, 3.05) is 24.6 Å². The van der Waals surface area contributed by atoms with Crippen LogP contribution >= 0.6 is 11.3 Å². The number of anilines is 1. The molecule has 0 bridgehead atoms. The van der Waals surface area contributed by atoms with Crippen LogP contribution in [0.4, 0.5) is 5.69 Å². The van der Waals surface area contributed by atoms with E-state index in [1.165, 1.54) is 36.3 Å². The molecule has 0 aliphatic heterocycles. The largest absolute Gasteiger partial charge is 0.493 e. The minimum atomic E-state index is 0.747. The summed E-state index contributed by atoms with van der Waals surface area (Å²) in [6.45, 7) is 9.26. The molecule has 0 N–H and O–H groups in total. The van der Waals surface area contributed by atoms with Crippen molar-refractivity contribution in [1.29, 1.82) is 0 Å². The molecule has 0 atom stereocenters. The van der Waals surface area contributed by atoms with Crippen LogP contribution in [-0.2, 0) is 0 Å². The number of benzene rings is 1. The van der Waals surface area contributed by atoms with E-state index in [4.69, 9.17) is 4.74 Å². The Balaban J connectivity index is 2.18. The third-order valence-corrected chi connectivity index (χ3v) is 5.55. The van der Waals surface area contributed by atoms with Crippen molar-refractivity contribution in [2.45, 2.75) is 46.5 Å². The molecule has 27 heavy (non-hydrogen) atoms. The standard InChI is InChI=1S/C23H31NO2S/c1-4-7-8-9-16-26-23-17-20(24(5-2)6-3)12-10-19(23)11-13-21-14-15-22(18-25)27-21/h10-15,17-18H,4-9,16H2,1-3H3. The molecule has 0 saturated heterocycles. The fourth-order valence-corrected chi connectivity index (χ4v) is 3.70. The second-order valence-electron chi connectivity index (χ2n) is 6.49. The lowest BCUT2D eigenvalue weighted by atomic mass is 10.1. The van der Waals surface area contributed by atoms with Crippen LogP contribution in [0.2, 0.25) is 0 Å². The number of hydrogen-bond donors (Lipinski definition) is 0. The Kier molecular flexibility index (Phi) is 9.12. The van der Waals surface area contributed by atoms with Crippen molar-refractivity contribution in [3.63, 3.8) is 0 Å². The van der Waals surface area contributed by atoms with Gasteiger partial charge >= 0.3 is 0 Å².